The van der Waals surface area contributed by atoms with Crippen molar-refractivity contribution in [3.63, 3.8) is 0 Å². The molecule has 300 valence electrons. The molecule has 0 fully saturated rings. The van der Waals surface area contributed by atoms with Crippen molar-refractivity contribution in [1.82, 2.24) is 0 Å². The SMILES string of the molecule is CCCCCOC(=O)CCCCCOC(=O)COC(=O)COC(=O)C(C)c1ccc2cc(OC(=O)CCCCCOC(=O)C(CC)(CO)CO)ccc2c1. The van der Waals surface area contributed by atoms with Gasteiger partial charge >= 0.3 is 35.8 Å². The third-order valence-corrected chi connectivity index (χ3v) is 8.88. The Labute approximate surface area is 316 Å². The van der Waals surface area contributed by atoms with Gasteiger partial charge in [-0.05, 0) is 86.8 Å². The molecule has 2 aromatic carbocycles. The Balaban J connectivity index is 1.65. The zero-order valence-electron chi connectivity index (χ0n) is 31.8. The highest BCUT2D eigenvalue weighted by Crippen LogP contribution is 2.27. The monoisotopic (exact) mass is 760 g/mol. The Kier molecular flexibility index (Phi) is 21.5. The molecule has 14 nitrogen and oxygen atoms in total. The molecule has 0 aliphatic rings. The number of fused-ring (bicyclic) bond motifs is 1. The molecule has 1 atom stereocenters. The maximum Gasteiger partial charge on any atom is 0.344 e. The third-order valence-electron chi connectivity index (χ3n) is 8.88. The van der Waals surface area contributed by atoms with Crippen LogP contribution >= 0.6 is 0 Å². The summed E-state index contributed by atoms with van der Waals surface area (Å²) in [7, 11) is 0. The van der Waals surface area contributed by atoms with E-state index in [4.69, 9.17) is 28.4 Å². The number of carbonyl (C=O) groups excluding carboxylic acids is 6. The van der Waals surface area contributed by atoms with Gasteiger partial charge in [0.05, 0.1) is 39.0 Å². The molecular formula is C40H56O14. The van der Waals surface area contributed by atoms with Crippen molar-refractivity contribution in [3.05, 3.63) is 42.0 Å². The van der Waals surface area contributed by atoms with Gasteiger partial charge < -0.3 is 38.6 Å². The lowest BCUT2D eigenvalue weighted by Gasteiger charge is -2.25. The third kappa shape index (κ3) is 16.6. The van der Waals surface area contributed by atoms with E-state index in [1.807, 2.05) is 0 Å². The van der Waals surface area contributed by atoms with Crippen LogP contribution in [-0.2, 0) is 52.5 Å². The summed E-state index contributed by atoms with van der Waals surface area (Å²) in [6, 6.07) is 10.4. The molecule has 0 saturated heterocycles. The summed E-state index contributed by atoms with van der Waals surface area (Å²) in [5.74, 6) is -3.93. The minimum Gasteiger partial charge on any atom is -0.466 e. The van der Waals surface area contributed by atoms with Crippen molar-refractivity contribution in [2.75, 3.05) is 46.2 Å². The van der Waals surface area contributed by atoms with Crippen molar-refractivity contribution in [2.45, 2.75) is 104 Å². The Morgan fingerprint density at radius 3 is 1.81 bits per heavy atom. The van der Waals surface area contributed by atoms with Gasteiger partial charge in [0.25, 0.3) is 0 Å². The maximum absolute atomic E-state index is 12.6. The van der Waals surface area contributed by atoms with Gasteiger partial charge in [0.1, 0.15) is 11.2 Å². The first kappa shape index (κ1) is 45.6. The second-order valence-corrected chi connectivity index (χ2v) is 13.1. The largest absolute Gasteiger partial charge is 0.466 e. The van der Waals surface area contributed by atoms with Crippen LogP contribution in [0.3, 0.4) is 0 Å². The molecule has 2 aromatic rings. The number of aliphatic hydroxyl groups is 2. The minimum absolute atomic E-state index is 0.119. The van der Waals surface area contributed by atoms with Crippen molar-refractivity contribution < 1.29 is 67.4 Å². The summed E-state index contributed by atoms with van der Waals surface area (Å²) in [6.45, 7) is 3.79. The number of rotatable bonds is 27. The Bertz CT molecular complexity index is 1490. The topological polar surface area (TPSA) is 198 Å². The minimum atomic E-state index is -1.30. The summed E-state index contributed by atoms with van der Waals surface area (Å²) < 4.78 is 30.8. The number of carbonyl (C=O) groups is 6. The van der Waals surface area contributed by atoms with E-state index in [9.17, 15) is 39.0 Å². The van der Waals surface area contributed by atoms with E-state index in [0.29, 0.717) is 62.9 Å². The van der Waals surface area contributed by atoms with Gasteiger partial charge in [-0.2, -0.15) is 0 Å². The number of aliphatic hydroxyl groups excluding tert-OH is 2. The standard InChI is InChI=1S/C40H56O14/c1-4-6-11-20-49-34(43)14-9-7-12-21-50-36(45)25-52-37(46)26-53-38(47)29(3)30-16-17-32-24-33(19-18-31(32)23-30)54-35(44)15-10-8-13-22-51-39(48)40(5-2,27-41)28-42/h16-19,23-24,29,41-42H,4-15,20-22,25-28H2,1-3H3. The molecule has 0 radical (unpaired) electrons. The van der Waals surface area contributed by atoms with Crippen LogP contribution in [0.25, 0.3) is 10.8 Å². The quantitative estimate of drug-likeness (QED) is 0.0518. The summed E-state index contributed by atoms with van der Waals surface area (Å²) in [5.41, 5.74) is -0.665. The molecule has 0 spiro atoms. The second-order valence-electron chi connectivity index (χ2n) is 13.1. The first-order valence-corrected chi connectivity index (χ1v) is 18.7. The first-order chi connectivity index (χ1) is 26.0. The lowest BCUT2D eigenvalue weighted by Crippen LogP contribution is -2.39. The average Bonchev–Trinajstić information content (AvgIpc) is 3.17. The molecule has 0 heterocycles. The molecule has 14 heteroatoms. The van der Waals surface area contributed by atoms with Crippen LogP contribution in [0, 0.1) is 5.41 Å². The second kappa shape index (κ2) is 25.5. The van der Waals surface area contributed by atoms with E-state index in [2.05, 4.69) is 6.92 Å². The fraction of sp³-hybridized carbons (Fsp3) is 0.600. The Morgan fingerprint density at radius 2 is 1.17 bits per heavy atom. The van der Waals surface area contributed by atoms with Crippen LogP contribution in [0.1, 0.15) is 109 Å². The van der Waals surface area contributed by atoms with E-state index >= 15 is 0 Å². The van der Waals surface area contributed by atoms with Crippen molar-refractivity contribution >= 4 is 46.6 Å². The molecule has 0 aliphatic carbocycles. The first-order valence-electron chi connectivity index (χ1n) is 18.7. The van der Waals surface area contributed by atoms with Gasteiger partial charge in [-0.3, -0.25) is 19.2 Å². The zero-order chi connectivity index (χ0) is 39.8. The van der Waals surface area contributed by atoms with Crippen LogP contribution in [-0.4, -0.2) is 92.3 Å². The van der Waals surface area contributed by atoms with Gasteiger partial charge in [0.2, 0.25) is 0 Å². The van der Waals surface area contributed by atoms with Gasteiger partial charge in [-0.15, -0.1) is 0 Å². The fourth-order valence-corrected chi connectivity index (χ4v) is 5.13. The number of benzene rings is 2. The fourth-order valence-electron chi connectivity index (χ4n) is 5.13. The normalized spacial score (nSPS) is 11.7. The molecule has 0 amide bonds. The molecule has 1 unspecified atom stereocenters. The predicted octanol–water partition coefficient (Wildman–Crippen LogP) is 5.26. The van der Waals surface area contributed by atoms with Crippen LogP contribution in [0.4, 0.5) is 0 Å². The average molecular weight is 761 g/mol. The molecule has 0 bridgehead atoms. The van der Waals surface area contributed by atoms with E-state index in [-0.39, 0.29) is 32.0 Å². The van der Waals surface area contributed by atoms with E-state index in [1.165, 1.54) is 0 Å². The summed E-state index contributed by atoms with van der Waals surface area (Å²) in [6.07, 6.45) is 7.16. The van der Waals surface area contributed by atoms with E-state index in [1.54, 1.807) is 50.2 Å². The smallest absolute Gasteiger partial charge is 0.344 e. The van der Waals surface area contributed by atoms with Crippen molar-refractivity contribution in [1.29, 1.82) is 0 Å². The van der Waals surface area contributed by atoms with Crippen molar-refractivity contribution in [2.24, 2.45) is 5.41 Å². The van der Waals surface area contributed by atoms with Crippen LogP contribution in [0.2, 0.25) is 0 Å². The van der Waals surface area contributed by atoms with E-state index < -0.39 is 67.6 Å². The zero-order valence-corrected chi connectivity index (χ0v) is 31.8. The summed E-state index contributed by atoms with van der Waals surface area (Å²) in [5, 5.41) is 20.4. The van der Waals surface area contributed by atoms with E-state index in [0.717, 1.165) is 30.0 Å². The molecule has 2 rings (SSSR count). The van der Waals surface area contributed by atoms with Crippen LogP contribution in [0.15, 0.2) is 36.4 Å². The molecule has 2 N–H and O–H groups in total. The lowest BCUT2D eigenvalue weighted by atomic mass is 9.87. The molecular weight excluding hydrogens is 704 g/mol. The number of ether oxygens (including phenoxy) is 6. The lowest BCUT2D eigenvalue weighted by molar-refractivity contribution is -0.165. The number of hydrogen-bond donors (Lipinski definition) is 2. The number of unbranched alkanes of at least 4 members (excludes halogenated alkanes) is 6. The maximum atomic E-state index is 12.6. The van der Waals surface area contributed by atoms with Gasteiger partial charge in [0.15, 0.2) is 13.2 Å². The predicted molar refractivity (Wildman–Crippen MR) is 196 cm³/mol. The Morgan fingerprint density at radius 1 is 0.611 bits per heavy atom. The van der Waals surface area contributed by atoms with Gasteiger partial charge in [-0.25, -0.2) is 9.59 Å². The van der Waals surface area contributed by atoms with Crippen LogP contribution < -0.4 is 4.74 Å². The molecule has 0 saturated carbocycles. The number of hydrogen-bond acceptors (Lipinski definition) is 14. The molecule has 54 heavy (non-hydrogen) atoms. The molecule has 0 aliphatic heterocycles. The van der Waals surface area contributed by atoms with Crippen molar-refractivity contribution in [3.8, 4) is 5.75 Å². The summed E-state index contributed by atoms with van der Waals surface area (Å²) in [4.78, 5) is 72.8. The molecule has 0 aromatic heterocycles. The highest BCUT2D eigenvalue weighted by Gasteiger charge is 2.37. The highest BCUT2D eigenvalue weighted by molar-refractivity contribution is 5.88. The summed E-state index contributed by atoms with van der Waals surface area (Å²) >= 11 is 0. The number of esters is 6. The Hall–Kier alpha value is -4.56. The van der Waals surface area contributed by atoms with Crippen LogP contribution in [0.5, 0.6) is 5.75 Å². The van der Waals surface area contributed by atoms with Gasteiger partial charge in [-0.1, -0.05) is 51.0 Å². The van der Waals surface area contributed by atoms with Gasteiger partial charge in [0, 0.05) is 12.8 Å². The highest BCUT2D eigenvalue weighted by atomic mass is 16.6.